The van der Waals surface area contributed by atoms with Crippen molar-refractivity contribution in [3.05, 3.63) is 0 Å². The van der Waals surface area contributed by atoms with E-state index in [9.17, 15) is 0 Å². The van der Waals surface area contributed by atoms with Crippen molar-refractivity contribution >= 4 is 11.6 Å². The first kappa shape index (κ1) is 6.63. The molecule has 0 rings (SSSR count). The Morgan fingerprint density at radius 3 is 2.25 bits per heavy atom. The molecule has 0 fully saturated rings. The van der Waals surface area contributed by atoms with Gasteiger partial charge in [0.25, 0.3) is 0 Å². The second-order valence-corrected chi connectivity index (χ2v) is 1.02. The van der Waals surface area contributed by atoms with Crippen molar-refractivity contribution in [2.45, 2.75) is 0 Å². The van der Waals surface area contributed by atoms with E-state index in [1.807, 2.05) is 0 Å². The van der Waals surface area contributed by atoms with Crippen molar-refractivity contribution in [3.8, 4) is 6.07 Å². The number of nitriles is 1. The highest BCUT2D eigenvalue weighted by Gasteiger charge is 1.99. The van der Waals surface area contributed by atoms with E-state index in [1.165, 1.54) is 13.2 Å². The molecule has 42 valence electrons. The van der Waals surface area contributed by atoms with Gasteiger partial charge in [-0.25, -0.2) is 0 Å². The summed E-state index contributed by atoms with van der Waals surface area (Å²) >= 11 is 0. The van der Waals surface area contributed by atoms with Gasteiger partial charge in [-0.3, -0.25) is 10.8 Å². The topological polar surface area (TPSA) is 80.7 Å². The fourth-order valence-electron chi connectivity index (χ4n) is 0.153. The normalized spacial score (nSPS) is 7.00. The lowest BCUT2D eigenvalue weighted by molar-refractivity contribution is 0.407. The number of hydrogen-bond donors (Lipinski definition) is 2. The van der Waals surface area contributed by atoms with Gasteiger partial charge in [0.05, 0.1) is 7.11 Å². The third-order valence-electron chi connectivity index (χ3n) is 0.543. The lowest BCUT2D eigenvalue weighted by atomic mass is 10.4. The maximum absolute atomic E-state index is 7.94. The zero-order chi connectivity index (χ0) is 6.57. The Morgan fingerprint density at radius 2 is 2.12 bits per heavy atom. The number of nitrogens with zero attached hydrogens (tertiary/aromatic N) is 1. The molecule has 0 aromatic heterocycles. The van der Waals surface area contributed by atoms with E-state index in [1.54, 1.807) is 0 Å². The molecule has 0 heterocycles. The van der Waals surface area contributed by atoms with E-state index >= 15 is 0 Å². The fourth-order valence-corrected chi connectivity index (χ4v) is 0.153. The molecule has 0 unspecified atom stereocenters. The van der Waals surface area contributed by atoms with Gasteiger partial charge in [-0.15, -0.1) is 0 Å². The number of rotatable bonds is 1. The first-order valence-corrected chi connectivity index (χ1v) is 1.84. The summed E-state index contributed by atoms with van der Waals surface area (Å²) in [5.74, 6) is -0.396. The Labute approximate surface area is 46.7 Å². The minimum Gasteiger partial charge on any atom is -0.479 e. The quantitative estimate of drug-likeness (QED) is 0.373. The summed E-state index contributed by atoms with van der Waals surface area (Å²) in [6, 6.07) is 1.45. The molecular formula is C4H5N3O. The molecule has 0 saturated carbocycles. The minimum absolute atomic E-state index is 0.396. The Hall–Kier alpha value is -1.37. The second-order valence-electron chi connectivity index (χ2n) is 1.02. The van der Waals surface area contributed by atoms with Gasteiger partial charge in [-0.05, 0) is 0 Å². The van der Waals surface area contributed by atoms with Gasteiger partial charge in [0.15, 0.2) is 5.71 Å². The van der Waals surface area contributed by atoms with Crippen molar-refractivity contribution in [1.82, 2.24) is 0 Å². The van der Waals surface area contributed by atoms with Gasteiger partial charge in [-0.2, -0.15) is 5.26 Å². The molecule has 0 saturated heterocycles. The summed E-state index contributed by atoms with van der Waals surface area (Å²) in [4.78, 5) is 0. The molecule has 0 spiro atoms. The number of hydrogen-bond acceptors (Lipinski definition) is 4. The predicted molar refractivity (Wildman–Crippen MR) is 28.1 cm³/mol. The minimum atomic E-state index is -0.451. The molecule has 0 radical (unpaired) electrons. The second kappa shape index (κ2) is 2.75. The van der Waals surface area contributed by atoms with E-state index in [2.05, 4.69) is 4.74 Å². The van der Waals surface area contributed by atoms with E-state index in [0.29, 0.717) is 0 Å². The van der Waals surface area contributed by atoms with Crippen LogP contribution in [0.1, 0.15) is 0 Å². The molecule has 4 heteroatoms. The van der Waals surface area contributed by atoms with Crippen LogP contribution in [0.2, 0.25) is 0 Å². The molecule has 0 atom stereocenters. The van der Waals surface area contributed by atoms with E-state index in [0.717, 1.165) is 0 Å². The van der Waals surface area contributed by atoms with Gasteiger partial charge in [-0.1, -0.05) is 0 Å². The lowest BCUT2D eigenvalue weighted by Crippen LogP contribution is -2.10. The number of methoxy groups -OCH3 is 1. The smallest absolute Gasteiger partial charge is 0.242 e. The molecule has 2 N–H and O–H groups in total. The molecular weight excluding hydrogens is 106 g/mol. The molecule has 0 bridgehead atoms. The molecule has 0 aliphatic heterocycles. The Kier molecular flexibility index (Phi) is 2.28. The zero-order valence-corrected chi connectivity index (χ0v) is 4.36. The molecule has 0 amide bonds. The maximum Gasteiger partial charge on any atom is 0.242 e. The van der Waals surface area contributed by atoms with Crippen LogP contribution in [0.3, 0.4) is 0 Å². The highest BCUT2D eigenvalue weighted by atomic mass is 16.5. The molecule has 0 aromatic carbocycles. The Balaban J connectivity index is 3.89. The maximum atomic E-state index is 7.94. The van der Waals surface area contributed by atoms with Crippen LogP contribution in [-0.2, 0) is 4.74 Å². The molecule has 0 aliphatic carbocycles. The first-order chi connectivity index (χ1) is 3.72. The summed E-state index contributed by atoms with van der Waals surface area (Å²) in [5.41, 5.74) is -0.451. The largest absolute Gasteiger partial charge is 0.479 e. The van der Waals surface area contributed by atoms with Crippen molar-refractivity contribution < 1.29 is 4.74 Å². The number of nitrogens with one attached hydrogen (secondary N) is 2. The lowest BCUT2D eigenvalue weighted by Gasteiger charge is -1.92. The molecule has 4 nitrogen and oxygen atoms in total. The Bertz CT molecular complexity index is 155. The van der Waals surface area contributed by atoms with Crippen molar-refractivity contribution in [2.75, 3.05) is 7.11 Å². The van der Waals surface area contributed by atoms with Crippen molar-refractivity contribution in [3.63, 3.8) is 0 Å². The first-order valence-electron chi connectivity index (χ1n) is 1.84. The van der Waals surface area contributed by atoms with Crippen LogP contribution in [-0.4, -0.2) is 18.7 Å². The third kappa shape index (κ3) is 1.39. The summed E-state index contributed by atoms with van der Waals surface area (Å²) in [6.07, 6.45) is 0. The van der Waals surface area contributed by atoms with Gasteiger partial charge >= 0.3 is 0 Å². The summed E-state index contributed by atoms with van der Waals surface area (Å²) in [7, 11) is 1.24. The molecule has 0 aliphatic rings. The van der Waals surface area contributed by atoms with E-state index < -0.39 is 11.6 Å². The Morgan fingerprint density at radius 1 is 1.62 bits per heavy atom. The van der Waals surface area contributed by atoms with Crippen LogP contribution in [0.15, 0.2) is 0 Å². The van der Waals surface area contributed by atoms with Crippen LogP contribution in [0.5, 0.6) is 0 Å². The highest BCUT2D eigenvalue weighted by molar-refractivity contribution is 6.42. The van der Waals surface area contributed by atoms with Gasteiger partial charge in [0, 0.05) is 0 Å². The van der Waals surface area contributed by atoms with Gasteiger partial charge in [0.2, 0.25) is 5.90 Å². The van der Waals surface area contributed by atoms with E-state index in [-0.39, 0.29) is 0 Å². The van der Waals surface area contributed by atoms with Gasteiger partial charge in [0.1, 0.15) is 6.07 Å². The van der Waals surface area contributed by atoms with Crippen molar-refractivity contribution in [1.29, 1.82) is 16.1 Å². The summed E-state index contributed by atoms with van der Waals surface area (Å²) in [5, 5.41) is 21.2. The summed E-state index contributed by atoms with van der Waals surface area (Å²) in [6.45, 7) is 0. The predicted octanol–water partition coefficient (Wildman–Crippen LogP) is 0.153. The summed E-state index contributed by atoms with van der Waals surface area (Å²) < 4.78 is 4.24. The third-order valence-corrected chi connectivity index (χ3v) is 0.543. The van der Waals surface area contributed by atoms with E-state index in [4.69, 9.17) is 16.1 Å². The highest BCUT2D eigenvalue weighted by Crippen LogP contribution is 1.74. The average Bonchev–Trinajstić information content (AvgIpc) is 1.84. The average molecular weight is 111 g/mol. The van der Waals surface area contributed by atoms with Gasteiger partial charge < -0.3 is 4.74 Å². The van der Waals surface area contributed by atoms with Crippen LogP contribution < -0.4 is 0 Å². The monoisotopic (exact) mass is 111 g/mol. The molecule has 0 aromatic rings. The molecule has 8 heavy (non-hydrogen) atoms. The van der Waals surface area contributed by atoms with Crippen molar-refractivity contribution in [2.24, 2.45) is 0 Å². The zero-order valence-electron chi connectivity index (χ0n) is 4.36. The fraction of sp³-hybridized carbons (Fsp3) is 0.250. The van der Waals surface area contributed by atoms with Crippen LogP contribution in [0.4, 0.5) is 0 Å². The van der Waals surface area contributed by atoms with Crippen LogP contribution >= 0.6 is 0 Å². The SMILES string of the molecule is COC(=N)C(=N)C#N. The van der Waals surface area contributed by atoms with Crippen LogP contribution in [0.25, 0.3) is 0 Å². The number of ether oxygens (including phenoxy) is 1. The standard InChI is InChI=1S/C4H5N3O/c1-8-4(7)3(6)2-5/h6-7H,1H3. The van der Waals surface area contributed by atoms with Crippen LogP contribution in [0, 0.1) is 22.1 Å².